The summed E-state index contributed by atoms with van der Waals surface area (Å²) in [6.07, 6.45) is 0. The summed E-state index contributed by atoms with van der Waals surface area (Å²) in [6.45, 7) is 1.95. The zero-order valence-corrected chi connectivity index (χ0v) is 12.8. The molecule has 0 fully saturated rings. The smallest absolute Gasteiger partial charge is 0.161 e. The third-order valence-electron chi connectivity index (χ3n) is 3.09. The lowest BCUT2D eigenvalue weighted by molar-refractivity contribution is 0.636. The van der Waals surface area contributed by atoms with E-state index in [0.717, 1.165) is 11.1 Å². The molecule has 0 atom stereocenters. The zero-order chi connectivity index (χ0) is 14.3. The van der Waals surface area contributed by atoms with Gasteiger partial charge in [0.2, 0.25) is 0 Å². The highest BCUT2D eigenvalue weighted by Gasteiger charge is 2.14. The van der Waals surface area contributed by atoms with Gasteiger partial charge in [-0.2, -0.15) is 0 Å². The van der Waals surface area contributed by atoms with Crippen LogP contribution in [0.3, 0.4) is 0 Å². The number of aryl methyl sites for hydroxylation is 1. The summed E-state index contributed by atoms with van der Waals surface area (Å²) in [5.74, 6) is 0.0138. The number of fused-ring (bicyclic) bond motifs is 1. The minimum atomic E-state index is -0.415. The second kappa shape index (κ2) is 5.11. The number of hydrogen-bond donors (Lipinski definition) is 0. The minimum Gasteiger partial charge on any atom is -0.225 e. The number of benzene rings is 2. The molecule has 3 aromatic rings. The summed E-state index contributed by atoms with van der Waals surface area (Å²) in [4.78, 5) is 8.62. The van der Waals surface area contributed by atoms with Crippen LogP contribution in [-0.4, -0.2) is 9.97 Å². The van der Waals surface area contributed by atoms with Crippen LogP contribution in [0.4, 0.5) is 4.39 Å². The van der Waals surface area contributed by atoms with Gasteiger partial charge in [0, 0.05) is 10.0 Å². The van der Waals surface area contributed by atoms with Crippen LogP contribution in [0.5, 0.6) is 0 Å². The highest BCUT2D eigenvalue weighted by atomic mass is 79.9. The van der Waals surface area contributed by atoms with Gasteiger partial charge in [-0.3, -0.25) is 0 Å². The Morgan fingerprint density at radius 3 is 2.60 bits per heavy atom. The third kappa shape index (κ3) is 2.19. The lowest BCUT2D eigenvalue weighted by atomic mass is 10.1. The minimum absolute atomic E-state index is 0.220. The first-order valence-corrected chi connectivity index (χ1v) is 7.12. The lowest BCUT2D eigenvalue weighted by Crippen LogP contribution is -1.96. The van der Waals surface area contributed by atoms with Crippen LogP contribution >= 0.6 is 27.5 Å². The van der Waals surface area contributed by atoms with Gasteiger partial charge in [0.15, 0.2) is 5.82 Å². The molecule has 100 valence electrons. The Labute approximate surface area is 128 Å². The van der Waals surface area contributed by atoms with Crippen LogP contribution in [0.15, 0.2) is 40.9 Å². The van der Waals surface area contributed by atoms with Gasteiger partial charge in [-0.05, 0) is 40.5 Å². The maximum atomic E-state index is 14.0. The van der Waals surface area contributed by atoms with Crippen molar-refractivity contribution in [2.45, 2.75) is 6.92 Å². The summed E-state index contributed by atoms with van der Waals surface area (Å²) in [5.41, 5.74) is 2.08. The second-order valence-corrected chi connectivity index (χ2v) is 5.62. The van der Waals surface area contributed by atoms with E-state index in [-0.39, 0.29) is 10.7 Å². The Hall–Kier alpha value is -1.52. The van der Waals surface area contributed by atoms with Crippen molar-refractivity contribution in [2.24, 2.45) is 0 Å². The fraction of sp³-hybridized carbons (Fsp3) is 0.0667. The van der Waals surface area contributed by atoms with Crippen LogP contribution in [0.1, 0.15) is 5.56 Å². The van der Waals surface area contributed by atoms with Gasteiger partial charge >= 0.3 is 0 Å². The van der Waals surface area contributed by atoms with Crippen LogP contribution in [0.2, 0.25) is 5.15 Å². The highest BCUT2D eigenvalue weighted by Crippen LogP contribution is 2.32. The molecule has 20 heavy (non-hydrogen) atoms. The molecule has 5 heteroatoms. The van der Waals surface area contributed by atoms with Crippen LogP contribution in [-0.2, 0) is 0 Å². The van der Waals surface area contributed by atoms with E-state index < -0.39 is 5.82 Å². The predicted octanol–water partition coefficient (Wildman–Crippen LogP) is 5.16. The summed E-state index contributed by atoms with van der Waals surface area (Å²) in [6, 6.07) is 10.6. The van der Waals surface area contributed by atoms with Gasteiger partial charge in [-0.25, -0.2) is 14.4 Å². The first-order chi connectivity index (χ1) is 9.58. The maximum absolute atomic E-state index is 14.0. The van der Waals surface area contributed by atoms with Gasteiger partial charge in [0.05, 0.1) is 5.39 Å². The predicted molar refractivity (Wildman–Crippen MR) is 82.4 cm³/mol. The molecule has 1 heterocycles. The van der Waals surface area contributed by atoms with Crippen molar-refractivity contribution in [1.82, 2.24) is 9.97 Å². The molecule has 0 aliphatic heterocycles. The molecule has 0 amide bonds. The molecule has 0 spiro atoms. The van der Waals surface area contributed by atoms with E-state index in [0.29, 0.717) is 15.7 Å². The highest BCUT2D eigenvalue weighted by molar-refractivity contribution is 9.10. The molecule has 0 saturated heterocycles. The van der Waals surface area contributed by atoms with Crippen molar-refractivity contribution < 1.29 is 4.39 Å². The standard InChI is InChI=1S/C15H9BrClFN2/c1-8-4-2-3-5-9(8)15-19-13-11(18)7-6-10(16)12(13)14(17)20-15/h2-7H,1H3. The molecular weight excluding hydrogens is 343 g/mol. The van der Waals surface area contributed by atoms with Gasteiger partial charge in [-0.1, -0.05) is 35.9 Å². The monoisotopic (exact) mass is 350 g/mol. The van der Waals surface area contributed by atoms with Crippen molar-refractivity contribution in [3.05, 3.63) is 57.4 Å². The van der Waals surface area contributed by atoms with E-state index in [1.807, 2.05) is 31.2 Å². The summed E-state index contributed by atoms with van der Waals surface area (Å²) in [7, 11) is 0. The summed E-state index contributed by atoms with van der Waals surface area (Å²) < 4.78 is 14.6. The molecule has 2 aromatic carbocycles. The van der Waals surface area contributed by atoms with Gasteiger partial charge < -0.3 is 0 Å². The average molecular weight is 352 g/mol. The molecule has 0 bridgehead atoms. The first-order valence-electron chi connectivity index (χ1n) is 5.95. The quantitative estimate of drug-likeness (QED) is 0.566. The lowest BCUT2D eigenvalue weighted by Gasteiger charge is -2.08. The van der Waals surface area contributed by atoms with Crippen molar-refractivity contribution in [3.8, 4) is 11.4 Å². The fourth-order valence-corrected chi connectivity index (χ4v) is 2.96. The Kier molecular flexibility index (Phi) is 3.44. The van der Waals surface area contributed by atoms with Crippen LogP contribution < -0.4 is 0 Å². The van der Waals surface area contributed by atoms with Crippen molar-refractivity contribution >= 4 is 38.4 Å². The van der Waals surface area contributed by atoms with Crippen molar-refractivity contribution in [3.63, 3.8) is 0 Å². The Balaban J connectivity index is 2.36. The molecule has 0 N–H and O–H groups in total. The van der Waals surface area contributed by atoms with E-state index in [2.05, 4.69) is 25.9 Å². The molecule has 2 nitrogen and oxygen atoms in total. The SMILES string of the molecule is Cc1ccccc1-c1nc(Cl)c2c(Br)ccc(F)c2n1. The first kappa shape index (κ1) is 13.5. The molecule has 0 radical (unpaired) electrons. The number of nitrogens with zero attached hydrogens (tertiary/aromatic N) is 2. The summed E-state index contributed by atoms with van der Waals surface area (Å²) >= 11 is 9.54. The average Bonchev–Trinajstić information content (AvgIpc) is 2.43. The molecule has 3 rings (SSSR count). The van der Waals surface area contributed by atoms with Gasteiger partial charge in [0.1, 0.15) is 16.5 Å². The number of aromatic nitrogens is 2. The van der Waals surface area contributed by atoms with E-state index in [9.17, 15) is 4.39 Å². The summed E-state index contributed by atoms with van der Waals surface area (Å²) in [5, 5.41) is 0.726. The molecule has 1 aromatic heterocycles. The second-order valence-electron chi connectivity index (χ2n) is 4.41. The number of rotatable bonds is 1. The Bertz CT molecular complexity index is 820. The molecule has 0 unspecified atom stereocenters. The molecule has 0 saturated carbocycles. The van der Waals surface area contributed by atoms with E-state index >= 15 is 0 Å². The normalized spacial score (nSPS) is 11.0. The third-order valence-corrected chi connectivity index (χ3v) is 4.03. The van der Waals surface area contributed by atoms with E-state index in [1.54, 1.807) is 6.07 Å². The van der Waals surface area contributed by atoms with Crippen molar-refractivity contribution in [1.29, 1.82) is 0 Å². The fourth-order valence-electron chi connectivity index (χ4n) is 2.07. The van der Waals surface area contributed by atoms with Crippen LogP contribution in [0.25, 0.3) is 22.3 Å². The van der Waals surface area contributed by atoms with E-state index in [4.69, 9.17) is 11.6 Å². The topological polar surface area (TPSA) is 25.8 Å². The van der Waals surface area contributed by atoms with Crippen molar-refractivity contribution in [2.75, 3.05) is 0 Å². The molecule has 0 aliphatic rings. The molecular formula is C15H9BrClFN2. The van der Waals surface area contributed by atoms with E-state index in [1.165, 1.54) is 6.07 Å². The zero-order valence-electron chi connectivity index (χ0n) is 10.5. The Morgan fingerprint density at radius 1 is 1.10 bits per heavy atom. The van der Waals surface area contributed by atoms with Crippen LogP contribution in [0, 0.1) is 12.7 Å². The Morgan fingerprint density at radius 2 is 1.85 bits per heavy atom. The largest absolute Gasteiger partial charge is 0.225 e. The van der Waals surface area contributed by atoms with Gasteiger partial charge in [-0.15, -0.1) is 0 Å². The maximum Gasteiger partial charge on any atom is 0.161 e. The molecule has 0 aliphatic carbocycles. The van der Waals surface area contributed by atoms with Gasteiger partial charge in [0.25, 0.3) is 0 Å². The number of halogens is 3. The number of hydrogen-bond acceptors (Lipinski definition) is 2.